The summed E-state index contributed by atoms with van der Waals surface area (Å²) in [4.78, 5) is 33.4. The molecule has 9 heteroatoms. The van der Waals surface area contributed by atoms with Gasteiger partial charge in [0.25, 0.3) is 0 Å². The average Bonchev–Trinajstić information content (AvgIpc) is 2.51. The normalized spacial score (nSPS) is 31.7. The van der Waals surface area contributed by atoms with Crippen molar-refractivity contribution in [3.8, 4) is 0 Å². The molecule has 0 radical (unpaired) electrons. The minimum absolute atomic E-state index is 0.246. The lowest BCUT2D eigenvalue weighted by molar-refractivity contribution is -0.298. The van der Waals surface area contributed by atoms with Crippen molar-refractivity contribution in [1.82, 2.24) is 0 Å². The zero-order chi connectivity index (χ0) is 19.3. The van der Waals surface area contributed by atoms with Gasteiger partial charge in [-0.05, 0) is 13.8 Å². The van der Waals surface area contributed by atoms with Crippen molar-refractivity contribution in [2.75, 3.05) is 6.61 Å². The molecule has 0 saturated carbocycles. The van der Waals surface area contributed by atoms with E-state index in [-0.39, 0.29) is 6.61 Å². The van der Waals surface area contributed by atoms with Crippen LogP contribution in [0.2, 0.25) is 0 Å². The Labute approximate surface area is 146 Å². The average molecular weight is 362 g/mol. The number of carbonyl (C=O) groups is 3. The molecule has 25 heavy (non-hydrogen) atoms. The second kappa shape index (κ2) is 9.12. The largest absolute Gasteiger partial charge is 0.481 e. The summed E-state index contributed by atoms with van der Waals surface area (Å²) in [5.41, 5.74) is 0. The Kier molecular flexibility index (Phi) is 7.78. The molecule has 1 heterocycles. The number of aliphatic hydroxyl groups is 1. The first kappa shape index (κ1) is 21.3. The number of aliphatic carboxylic acids is 1. The van der Waals surface area contributed by atoms with Crippen LogP contribution in [0.15, 0.2) is 0 Å². The second-order valence-electron chi connectivity index (χ2n) is 6.24. The molecular formula is C16H26O9. The summed E-state index contributed by atoms with van der Waals surface area (Å²) >= 11 is 0. The lowest BCUT2D eigenvalue weighted by Crippen LogP contribution is -2.57. The van der Waals surface area contributed by atoms with Gasteiger partial charge in [0.1, 0.15) is 24.9 Å². The van der Waals surface area contributed by atoms with Crippen molar-refractivity contribution < 1.29 is 43.5 Å². The number of carboxylic acid groups (broad SMARTS) is 1. The van der Waals surface area contributed by atoms with Crippen LogP contribution < -0.4 is 0 Å². The summed E-state index contributed by atoms with van der Waals surface area (Å²) in [5, 5.41) is 19.4. The Morgan fingerprint density at radius 1 is 1.16 bits per heavy atom. The van der Waals surface area contributed by atoms with E-state index < -0.39 is 60.4 Å². The van der Waals surface area contributed by atoms with Gasteiger partial charge < -0.3 is 29.2 Å². The number of esters is 2. The highest BCUT2D eigenvalue weighted by Crippen LogP contribution is 2.31. The van der Waals surface area contributed by atoms with Crippen LogP contribution in [0.25, 0.3) is 0 Å². The van der Waals surface area contributed by atoms with E-state index in [1.807, 2.05) is 0 Å². The van der Waals surface area contributed by atoms with Gasteiger partial charge in [-0.1, -0.05) is 6.92 Å². The minimum atomic E-state index is -1.22. The van der Waals surface area contributed by atoms with Gasteiger partial charge in [0, 0.05) is 19.8 Å². The molecule has 1 saturated heterocycles. The van der Waals surface area contributed by atoms with Crippen molar-refractivity contribution in [1.29, 1.82) is 0 Å². The highest BCUT2D eigenvalue weighted by molar-refractivity contribution is 5.70. The van der Waals surface area contributed by atoms with E-state index in [0.717, 1.165) is 0 Å². The summed E-state index contributed by atoms with van der Waals surface area (Å²) in [5.74, 6) is -3.51. The van der Waals surface area contributed by atoms with E-state index in [2.05, 4.69) is 0 Å². The fourth-order valence-corrected chi connectivity index (χ4v) is 2.45. The second-order valence-corrected chi connectivity index (χ2v) is 6.24. The monoisotopic (exact) mass is 362 g/mol. The molecule has 0 aliphatic carbocycles. The van der Waals surface area contributed by atoms with Gasteiger partial charge >= 0.3 is 17.9 Å². The van der Waals surface area contributed by atoms with Crippen molar-refractivity contribution in [2.45, 2.75) is 65.3 Å². The predicted molar refractivity (Wildman–Crippen MR) is 83.4 cm³/mol. The molecule has 0 spiro atoms. The number of hydrogen-bond acceptors (Lipinski definition) is 8. The van der Waals surface area contributed by atoms with Crippen molar-refractivity contribution >= 4 is 17.9 Å². The van der Waals surface area contributed by atoms with Crippen molar-refractivity contribution in [3.63, 3.8) is 0 Å². The first-order chi connectivity index (χ1) is 11.5. The molecule has 1 aliphatic heterocycles. The zero-order valence-corrected chi connectivity index (χ0v) is 15.0. The summed E-state index contributed by atoms with van der Waals surface area (Å²) in [6.07, 6.45) is -4.76. The molecule has 1 rings (SSSR count). The first-order valence-corrected chi connectivity index (χ1v) is 8.07. The molecule has 0 amide bonds. The van der Waals surface area contributed by atoms with Crippen molar-refractivity contribution in [3.05, 3.63) is 0 Å². The van der Waals surface area contributed by atoms with E-state index in [9.17, 15) is 19.5 Å². The van der Waals surface area contributed by atoms with Crippen LogP contribution in [0.3, 0.4) is 0 Å². The number of rotatable bonds is 7. The highest BCUT2D eigenvalue weighted by atomic mass is 16.7. The number of carbonyl (C=O) groups excluding carboxylic acids is 2. The Balaban J connectivity index is 2.91. The lowest BCUT2D eigenvalue weighted by Gasteiger charge is -2.43. The Bertz CT molecular complexity index is 492. The molecule has 0 bridgehead atoms. The number of ether oxygens (including phenoxy) is 4. The van der Waals surface area contributed by atoms with Crippen LogP contribution in [-0.4, -0.2) is 65.4 Å². The smallest absolute Gasteiger partial charge is 0.308 e. The van der Waals surface area contributed by atoms with Gasteiger partial charge in [-0.2, -0.15) is 0 Å². The van der Waals surface area contributed by atoms with Crippen LogP contribution >= 0.6 is 0 Å². The molecule has 9 nitrogen and oxygen atoms in total. The molecular weight excluding hydrogens is 336 g/mol. The van der Waals surface area contributed by atoms with Crippen LogP contribution in [0.4, 0.5) is 0 Å². The predicted octanol–water partition coefficient (Wildman–Crippen LogP) is 0.329. The minimum Gasteiger partial charge on any atom is -0.481 e. The third-order valence-electron chi connectivity index (χ3n) is 4.17. The quantitative estimate of drug-likeness (QED) is 0.615. The van der Waals surface area contributed by atoms with Crippen LogP contribution in [-0.2, 0) is 33.3 Å². The lowest BCUT2D eigenvalue weighted by atomic mass is 9.92. The summed E-state index contributed by atoms with van der Waals surface area (Å²) < 4.78 is 21.3. The van der Waals surface area contributed by atoms with E-state index in [1.54, 1.807) is 13.8 Å². The van der Waals surface area contributed by atoms with Gasteiger partial charge in [-0.15, -0.1) is 0 Å². The maximum atomic E-state index is 11.3. The van der Waals surface area contributed by atoms with Crippen LogP contribution in [0, 0.1) is 11.8 Å². The SMILES string of the molecule is CC(=O)OCC1OC(OC(C)C(C)C(=O)O)C(C)C(OC(C)=O)C1O. The Hall–Kier alpha value is -1.71. The summed E-state index contributed by atoms with van der Waals surface area (Å²) in [6.45, 7) is 6.91. The van der Waals surface area contributed by atoms with Gasteiger partial charge in [0.2, 0.25) is 0 Å². The van der Waals surface area contributed by atoms with Crippen LogP contribution in [0.5, 0.6) is 0 Å². The maximum Gasteiger partial charge on any atom is 0.308 e. The topological polar surface area (TPSA) is 129 Å². The molecule has 7 atom stereocenters. The van der Waals surface area contributed by atoms with E-state index >= 15 is 0 Å². The molecule has 144 valence electrons. The third-order valence-corrected chi connectivity index (χ3v) is 4.17. The van der Waals surface area contributed by atoms with Gasteiger partial charge in [-0.3, -0.25) is 14.4 Å². The van der Waals surface area contributed by atoms with E-state index in [1.165, 1.54) is 20.8 Å². The summed E-state index contributed by atoms with van der Waals surface area (Å²) in [6, 6.07) is 0. The van der Waals surface area contributed by atoms with E-state index in [4.69, 9.17) is 24.1 Å². The third kappa shape index (κ3) is 5.94. The molecule has 7 unspecified atom stereocenters. The number of aliphatic hydroxyl groups excluding tert-OH is 1. The zero-order valence-electron chi connectivity index (χ0n) is 15.0. The number of carboxylic acids is 1. The van der Waals surface area contributed by atoms with Gasteiger partial charge in [-0.25, -0.2) is 0 Å². The molecule has 0 aromatic heterocycles. The molecule has 1 fully saturated rings. The van der Waals surface area contributed by atoms with E-state index in [0.29, 0.717) is 0 Å². The fraction of sp³-hybridized carbons (Fsp3) is 0.812. The number of hydrogen-bond donors (Lipinski definition) is 2. The Morgan fingerprint density at radius 2 is 1.76 bits per heavy atom. The first-order valence-electron chi connectivity index (χ1n) is 8.07. The van der Waals surface area contributed by atoms with Gasteiger partial charge in [0.15, 0.2) is 6.29 Å². The van der Waals surface area contributed by atoms with Crippen LogP contribution in [0.1, 0.15) is 34.6 Å². The highest BCUT2D eigenvalue weighted by Gasteiger charge is 2.46. The molecule has 0 aromatic carbocycles. The molecule has 0 aromatic rings. The Morgan fingerprint density at radius 3 is 2.24 bits per heavy atom. The van der Waals surface area contributed by atoms with Gasteiger partial charge in [0.05, 0.1) is 12.0 Å². The molecule has 1 aliphatic rings. The maximum absolute atomic E-state index is 11.3. The standard InChI is InChI=1S/C16H26O9/c1-7(15(20)21)9(3)23-16-8(2)14(24-11(5)18)13(19)12(25-16)6-22-10(4)17/h7-9,12-14,16,19H,6H2,1-5H3,(H,20,21). The molecule has 2 N–H and O–H groups in total. The fourth-order valence-electron chi connectivity index (χ4n) is 2.45. The van der Waals surface area contributed by atoms with Crippen molar-refractivity contribution in [2.24, 2.45) is 11.8 Å². The summed E-state index contributed by atoms with van der Waals surface area (Å²) in [7, 11) is 0.